The van der Waals surface area contributed by atoms with Crippen LogP contribution in [-0.2, 0) is 23.3 Å². The van der Waals surface area contributed by atoms with Crippen LogP contribution in [0.15, 0.2) is 54.6 Å². The summed E-state index contributed by atoms with van der Waals surface area (Å²) in [6.07, 6.45) is 0. The molecule has 0 spiro atoms. The van der Waals surface area contributed by atoms with Gasteiger partial charge in [-0.3, -0.25) is 0 Å². The zero-order valence-corrected chi connectivity index (χ0v) is 19.5. The van der Waals surface area contributed by atoms with Crippen molar-refractivity contribution in [2.75, 3.05) is 20.3 Å². The third kappa shape index (κ3) is 6.51. The van der Waals surface area contributed by atoms with Gasteiger partial charge in [-0.05, 0) is 36.1 Å². The monoisotopic (exact) mass is 450 g/mol. The molecule has 0 aliphatic rings. The van der Waals surface area contributed by atoms with Crippen LogP contribution in [0.25, 0.3) is 0 Å². The molecular weight excluding hydrogens is 416 g/mol. The molecule has 31 heavy (non-hydrogen) atoms. The Morgan fingerprint density at radius 2 is 1.39 bits per heavy atom. The number of rotatable bonds is 12. The Bertz CT molecular complexity index is 888. The molecule has 2 N–H and O–H groups in total. The molecule has 0 fully saturated rings. The van der Waals surface area contributed by atoms with Crippen molar-refractivity contribution in [2.45, 2.75) is 45.9 Å². The lowest BCUT2D eigenvalue weighted by molar-refractivity contribution is 0.130. The summed E-state index contributed by atoms with van der Waals surface area (Å²) in [6.45, 7) is 5.05. The van der Waals surface area contributed by atoms with E-state index >= 15 is 0 Å². The van der Waals surface area contributed by atoms with E-state index in [-0.39, 0.29) is 32.2 Å². The fraction of sp³-hybridized carbons (Fsp3) is 0.478. The van der Waals surface area contributed by atoms with Gasteiger partial charge in [0.15, 0.2) is 0 Å². The van der Waals surface area contributed by atoms with Gasteiger partial charge in [0, 0.05) is 19.1 Å². The van der Waals surface area contributed by atoms with Crippen molar-refractivity contribution in [1.29, 1.82) is 0 Å². The second kappa shape index (κ2) is 11.6. The van der Waals surface area contributed by atoms with Crippen LogP contribution >= 0.6 is 0 Å². The Morgan fingerprint density at radius 1 is 0.839 bits per heavy atom. The lowest BCUT2D eigenvalue weighted by atomic mass is 10.1. The molecule has 0 aromatic heterocycles. The van der Waals surface area contributed by atoms with E-state index in [0.717, 1.165) is 11.1 Å². The number of benzene rings is 2. The van der Waals surface area contributed by atoms with Gasteiger partial charge in [0.2, 0.25) is 0 Å². The van der Waals surface area contributed by atoms with Gasteiger partial charge in [-0.2, -0.15) is 17.0 Å². The minimum atomic E-state index is -4.03. The third-order valence-electron chi connectivity index (χ3n) is 5.35. The molecule has 0 aliphatic carbocycles. The van der Waals surface area contributed by atoms with Crippen molar-refractivity contribution in [3.8, 4) is 5.75 Å². The molecule has 2 aromatic carbocycles. The highest BCUT2D eigenvalue weighted by molar-refractivity contribution is 7.86. The first-order chi connectivity index (χ1) is 14.7. The van der Waals surface area contributed by atoms with Crippen molar-refractivity contribution < 1.29 is 23.4 Å². The largest absolute Gasteiger partial charge is 0.497 e. The molecule has 172 valence electrons. The van der Waals surface area contributed by atoms with Crippen LogP contribution in [-0.4, -0.2) is 59.6 Å². The molecular formula is C23H34N2O5S. The van der Waals surface area contributed by atoms with E-state index in [1.54, 1.807) is 38.3 Å². The molecule has 0 bridgehead atoms. The number of ether oxygens (including phenoxy) is 1. The maximum atomic E-state index is 13.9. The Balaban J connectivity index is 2.46. The molecule has 8 heteroatoms. The number of methoxy groups -OCH3 is 1. The Labute approximate surface area is 186 Å². The Kier molecular flexibility index (Phi) is 9.46. The van der Waals surface area contributed by atoms with E-state index in [2.05, 4.69) is 0 Å². The number of hydrogen-bond donors (Lipinski definition) is 2. The highest BCUT2D eigenvalue weighted by Crippen LogP contribution is 2.25. The summed E-state index contributed by atoms with van der Waals surface area (Å²) in [7, 11) is -2.46. The summed E-state index contributed by atoms with van der Waals surface area (Å²) >= 11 is 0. The summed E-state index contributed by atoms with van der Waals surface area (Å²) < 4.78 is 35.6. The average Bonchev–Trinajstić information content (AvgIpc) is 2.77. The van der Waals surface area contributed by atoms with Crippen LogP contribution in [0.4, 0.5) is 0 Å². The Morgan fingerprint density at radius 3 is 1.87 bits per heavy atom. The van der Waals surface area contributed by atoms with Gasteiger partial charge in [-0.25, -0.2) is 0 Å². The highest BCUT2D eigenvalue weighted by Gasteiger charge is 2.38. The lowest BCUT2D eigenvalue weighted by Gasteiger charge is -2.38. The second-order valence-corrected chi connectivity index (χ2v) is 9.79. The standard InChI is InChI=1S/C23H34N2O5S/c1-18(2)23(17-27)25(15-20-8-6-5-7-9-20)31(28,29)24(19(3)16-26)14-21-10-12-22(30-4)13-11-21/h5-13,18-19,23,26-27H,14-17H2,1-4H3/t19-,23-/m1/s1. The fourth-order valence-corrected chi connectivity index (χ4v) is 5.44. The summed E-state index contributed by atoms with van der Waals surface area (Å²) in [5.41, 5.74) is 1.60. The summed E-state index contributed by atoms with van der Waals surface area (Å²) in [5, 5.41) is 19.9. The summed E-state index contributed by atoms with van der Waals surface area (Å²) in [4.78, 5) is 0. The molecule has 0 amide bonds. The topological polar surface area (TPSA) is 90.3 Å². The highest BCUT2D eigenvalue weighted by atomic mass is 32.2. The summed E-state index contributed by atoms with van der Waals surface area (Å²) in [6, 6.07) is 15.2. The van der Waals surface area contributed by atoms with E-state index in [0.29, 0.717) is 5.75 Å². The first-order valence-corrected chi connectivity index (χ1v) is 11.8. The van der Waals surface area contributed by atoms with Gasteiger partial charge < -0.3 is 14.9 Å². The predicted octanol–water partition coefficient (Wildman–Crippen LogP) is 2.64. The molecule has 7 nitrogen and oxygen atoms in total. The molecule has 0 unspecified atom stereocenters. The molecule has 2 atom stereocenters. The first kappa shape index (κ1) is 25.3. The van der Waals surface area contributed by atoms with Gasteiger partial charge in [0.25, 0.3) is 10.2 Å². The molecule has 2 aromatic rings. The first-order valence-electron chi connectivity index (χ1n) is 10.4. The average molecular weight is 451 g/mol. The SMILES string of the molecule is COc1ccc(CN([C@H](C)CO)S(=O)(=O)N(Cc2ccccc2)[C@H](CO)C(C)C)cc1. The van der Waals surface area contributed by atoms with E-state index in [9.17, 15) is 18.6 Å². The quantitative estimate of drug-likeness (QED) is 0.519. The maximum absolute atomic E-state index is 13.9. The molecule has 0 heterocycles. The minimum absolute atomic E-state index is 0.0928. The molecule has 0 saturated heterocycles. The lowest BCUT2D eigenvalue weighted by Crippen LogP contribution is -2.53. The Hall–Kier alpha value is -1.97. The minimum Gasteiger partial charge on any atom is -0.497 e. The van der Waals surface area contributed by atoms with E-state index in [4.69, 9.17) is 4.74 Å². The third-order valence-corrected chi connectivity index (χ3v) is 7.43. The van der Waals surface area contributed by atoms with Crippen molar-refractivity contribution in [1.82, 2.24) is 8.61 Å². The van der Waals surface area contributed by atoms with Gasteiger partial charge in [0.1, 0.15) is 5.75 Å². The maximum Gasteiger partial charge on any atom is 0.283 e. The zero-order valence-electron chi connectivity index (χ0n) is 18.7. The van der Waals surface area contributed by atoms with Crippen LogP contribution in [0.1, 0.15) is 31.9 Å². The molecule has 0 radical (unpaired) electrons. The van der Waals surface area contributed by atoms with Crippen LogP contribution in [0.5, 0.6) is 5.75 Å². The normalized spacial score (nSPS) is 14.2. The van der Waals surface area contributed by atoms with Gasteiger partial charge in [-0.1, -0.05) is 56.3 Å². The number of nitrogens with zero attached hydrogens (tertiary/aromatic N) is 2. The molecule has 0 aliphatic heterocycles. The van der Waals surface area contributed by atoms with Crippen LogP contribution < -0.4 is 4.74 Å². The predicted molar refractivity (Wildman–Crippen MR) is 122 cm³/mol. The second-order valence-electron chi connectivity index (χ2n) is 7.96. The van der Waals surface area contributed by atoms with Crippen molar-refractivity contribution in [2.24, 2.45) is 5.92 Å². The van der Waals surface area contributed by atoms with Crippen molar-refractivity contribution in [3.63, 3.8) is 0 Å². The van der Waals surface area contributed by atoms with Gasteiger partial charge in [-0.15, -0.1) is 0 Å². The van der Waals surface area contributed by atoms with Crippen LogP contribution in [0.2, 0.25) is 0 Å². The van der Waals surface area contributed by atoms with Crippen LogP contribution in [0, 0.1) is 5.92 Å². The van der Waals surface area contributed by atoms with Gasteiger partial charge in [0.05, 0.1) is 26.4 Å². The van der Waals surface area contributed by atoms with Gasteiger partial charge >= 0.3 is 0 Å². The number of aliphatic hydroxyl groups excluding tert-OH is 2. The van der Waals surface area contributed by atoms with Crippen molar-refractivity contribution in [3.05, 3.63) is 65.7 Å². The van der Waals surface area contributed by atoms with E-state index in [1.807, 2.05) is 44.2 Å². The van der Waals surface area contributed by atoms with E-state index < -0.39 is 22.3 Å². The number of hydrogen-bond acceptors (Lipinski definition) is 5. The zero-order chi connectivity index (χ0) is 23.0. The fourth-order valence-electron chi connectivity index (χ4n) is 3.37. The summed E-state index contributed by atoms with van der Waals surface area (Å²) in [5.74, 6) is 0.579. The number of aliphatic hydroxyl groups is 2. The molecule has 0 saturated carbocycles. The molecule has 2 rings (SSSR count). The van der Waals surface area contributed by atoms with Crippen LogP contribution in [0.3, 0.4) is 0 Å². The van der Waals surface area contributed by atoms with E-state index in [1.165, 1.54) is 8.61 Å². The van der Waals surface area contributed by atoms with Crippen molar-refractivity contribution >= 4 is 10.2 Å². The smallest absolute Gasteiger partial charge is 0.283 e.